The summed E-state index contributed by atoms with van der Waals surface area (Å²) in [6.45, 7) is 0. The fourth-order valence-electron chi connectivity index (χ4n) is 7.46. The Morgan fingerprint density at radius 1 is 0.347 bits per heavy atom. The van der Waals surface area contributed by atoms with Crippen molar-refractivity contribution in [3.63, 3.8) is 0 Å². The number of benzene rings is 8. The average molecular weight is 660 g/mol. The second kappa shape index (κ2) is 11.5. The molecule has 0 aliphatic carbocycles. The highest BCUT2D eigenvalue weighted by atomic mass is 32.1. The van der Waals surface area contributed by atoms with Gasteiger partial charge < -0.3 is 4.90 Å². The Balaban J connectivity index is 1.26. The van der Waals surface area contributed by atoms with E-state index in [2.05, 4.69) is 181 Å². The van der Waals surface area contributed by atoms with Crippen molar-refractivity contribution in [2.45, 2.75) is 0 Å². The summed E-state index contributed by atoms with van der Waals surface area (Å²) >= 11 is 3.76. The summed E-state index contributed by atoms with van der Waals surface area (Å²) in [5.74, 6) is 0. The van der Waals surface area contributed by atoms with Crippen molar-refractivity contribution in [3.8, 4) is 22.3 Å². The van der Waals surface area contributed by atoms with Gasteiger partial charge in [-0.1, -0.05) is 133 Å². The maximum Gasteiger partial charge on any atom is 0.0555 e. The van der Waals surface area contributed by atoms with Gasteiger partial charge in [-0.25, -0.2) is 0 Å². The Labute approximate surface area is 292 Å². The number of hydrogen-bond acceptors (Lipinski definition) is 3. The Morgan fingerprint density at radius 3 is 1.76 bits per heavy atom. The summed E-state index contributed by atoms with van der Waals surface area (Å²) in [4.78, 5) is 2.50. The van der Waals surface area contributed by atoms with Crippen LogP contribution >= 0.6 is 22.7 Å². The van der Waals surface area contributed by atoms with Gasteiger partial charge in [-0.3, -0.25) is 0 Å². The largest absolute Gasteiger partial charge is 0.309 e. The maximum atomic E-state index is 2.50. The molecule has 230 valence electrons. The Hall–Kier alpha value is -5.74. The minimum absolute atomic E-state index is 1.14. The molecule has 3 heteroatoms. The van der Waals surface area contributed by atoms with Crippen LogP contribution in [0.4, 0.5) is 17.1 Å². The highest BCUT2D eigenvalue weighted by molar-refractivity contribution is 7.26. The molecule has 10 aromatic rings. The molecule has 0 bridgehead atoms. The highest BCUT2D eigenvalue weighted by Crippen LogP contribution is 2.51. The first-order valence-corrected chi connectivity index (χ1v) is 18.2. The lowest BCUT2D eigenvalue weighted by Crippen LogP contribution is -2.11. The van der Waals surface area contributed by atoms with Gasteiger partial charge in [0.15, 0.2) is 0 Å². The van der Waals surface area contributed by atoms with E-state index in [-0.39, 0.29) is 0 Å². The van der Waals surface area contributed by atoms with E-state index in [1.54, 1.807) is 0 Å². The molecular formula is C46H29NS2. The summed E-state index contributed by atoms with van der Waals surface area (Å²) in [5.41, 5.74) is 8.49. The third kappa shape index (κ3) is 4.58. The van der Waals surface area contributed by atoms with Crippen LogP contribution in [0, 0.1) is 0 Å². The fourth-order valence-corrected chi connectivity index (χ4v) is 9.85. The number of rotatable bonds is 5. The van der Waals surface area contributed by atoms with Gasteiger partial charge in [0, 0.05) is 46.0 Å². The SMILES string of the molecule is c1ccc(-c2ccc(N(c3ccc(-c4cccc5ccccc45)cc3)c3cccc4sc5ccccc5c34)c3c2sc2ccccc23)cc1. The molecule has 2 aromatic heterocycles. The van der Waals surface area contributed by atoms with Gasteiger partial charge in [-0.05, 0) is 75.5 Å². The van der Waals surface area contributed by atoms with Crippen molar-refractivity contribution < 1.29 is 0 Å². The molecule has 49 heavy (non-hydrogen) atoms. The molecule has 0 aliphatic heterocycles. The zero-order valence-corrected chi connectivity index (χ0v) is 28.1. The van der Waals surface area contributed by atoms with E-state index >= 15 is 0 Å². The second-order valence-corrected chi connectivity index (χ2v) is 14.6. The van der Waals surface area contributed by atoms with Crippen LogP contribution in [-0.4, -0.2) is 0 Å². The number of nitrogens with zero attached hydrogens (tertiary/aromatic N) is 1. The van der Waals surface area contributed by atoms with Crippen molar-refractivity contribution in [2.75, 3.05) is 4.90 Å². The predicted molar refractivity (Wildman–Crippen MR) is 215 cm³/mol. The highest BCUT2D eigenvalue weighted by Gasteiger charge is 2.23. The summed E-state index contributed by atoms with van der Waals surface area (Å²) in [6, 6.07) is 64.4. The van der Waals surface area contributed by atoms with Gasteiger partial charge in [-0.2, -0.15) is 0 Å². The van der Waals surface area contributed by atoms with Crippen molar-refractivity contribution in [1.82, 2.24) is 0 Å². The quantitative estimate of drug-likeness (QED) is 0.178. The lowest BCUT2D eigenvalue weighted by Gasteiger charge is -2.28. The Morgan fingerprint density at radius 2 is 0.939 bits per heavy atom. The van der Waals surface area contributed by atoms with Crippen molar-refractivity contribution >= 4 is 90.9 Å². The second-order valence-electron chi connectivity index (χ2n) is 12.5. The first-order chi connectivity index (χ1) is 24.3. The van der Waals surface area contributed by atoms with Crippen molar-refractivity contribution in [3.05, 3.63) is 176 Å². The fraction of sp³-hybridized carbons (Fsp3) is 0. The van der Waals surface area contributed by atoms with Crippen LogP contribution in [0.3, 0.4) is 0 Å². The summed E-state index contributed by atoms with van der Waals surface area (Å²) in [5, 5.41) is 7.69. The molecule has 0 radical (unpaired) electrons. The number of anilines is 3. The van der Waals surface area contributed by atoms with Gasteiger partial charge in [0.1, 0.15) is 0 Å². The number of hydrogen-bond donors (Lipinski definition) is 0. The topological polar surface area (TPSA) is 3.24 Å². The van der Waals surface area contributed by atoms with E-state index in [4.69, 9.17) is 0 Å². The van der Waals surface area contributed by atoms with Gasteiger partial charge in [0.25, 0.3) is 0 Å². The number of thiophene rings is 2. The van der Waals surface area contributed by atoms with Gasteiger partial charge in [-0.15, -0.1) is 22.7 Å². The van der Waals surface area contributed by atoms with E-state index in [1.807, 2.05) is 22.7 Å². The molecule has 10 rings (SSSR count). The molecule has 0 spiro atoms. The molecule has 0 unspecified atom stereocenters. The molecular weight excluding hydrogens is 631 g/mol. The average Bonchev–Trinajstić information content (AvgIpc) is 3.75. The zero-order chi connectivity index (χ0) is 32.3. The van der Waals surface area contributed by atoms with Crippen LogP contribution in [0.2, 0.25) is 0 Å². The minimum Gasteiger partial charge on any atom is -0.309 e. The van der Waals surface area contributed by atoms with E-state index in [0.717, 1.165) is 5.69 Å². The van der Waals surface area contributed by atoms with E-state index in [9.17, 15) is 0 Å². The normalized spacial score (nSPS) is 11.7. The molecule has 0 aliphatic rings. The smallest absolute Gasteiger partial charge is 0.0555 e. The molecule has 2 heterocycles. The summed E-state index contributed by atoms with van der Waals surface area (Å²) in [6.07, 6.45) is 0. The Bertz CT molecular complexity index is 2820. The minimum atomic E-state index is 1.14. The lowest BCUT2D eigenvalue weighted by atomic mass is 9.97. The van der Waals surface area contributed by atoms with Crippen LogP contribution in [-0.2, 0) is 0 Å². The molecule has 0 saturated carbocycles. The maximum absolute atomic E-state index is 2.50. The monoisotopic (exact) mass is 659 g/mol. The van der Waals surface area contributed by atoms with Crippen LogP contribution < -0.4 is 4.90 Å². The first-order valence-electron chi connectivity index (χ1n) is 16.6. The van der Waals surface area contributed by atoms with Crippen LogP contribution in [0.15, 0.2) is 176 Å². The van der Waals surface area contributed by atoms with Crippen LogP contribution in [0.1, 0.15) is 0 Å². The number of fused-ring (bicyclic) bond motifs is 7. The van der Waals surface area contributed by atoms with Gasteiger partial charge in [0.2, 0.25) is 0 Å². The molecule has 0 atom stereocenters. The van der Waals surface area contributed by atoms with Crippen molar-refractivity contribution in [1.29, 1.82) is 0 Å². The first kappa shape index (κ1) is 28.3. The zero-order valence-electron chi connectivity index (χ0n) is 26.5. The van der Waals surface area contributed by atoms with E-state index in [0.29, 0.717) is 0 Å². The van der Waals surface area contributed by atoms with E-state index in [1.165, 1.54) is 84.7 Å². The third-order valence-corrected chi connectivity index (χ3v) is 12.0. The Kier molecular flexibility index (Phi) is 6.61. The summed E-state index contributed by atoms with van der Waals surface area (Å²) < 4.78 is 5.21. The van der Waals surface area contributed by atoms with Gasteiger partial charge >= 0.3 is 0 Å². The van der Waals surface area contributed by atoms with Crippen LogP contribution in [0.25, 0.3) is 73.4 Å². The van der Waals surface area contributed by atoms with Crippen LogP contribution in [0.5, 0.6) is 0 Å². The third-order valence-electron chi connectivity index (χ3n) is 9.68. The predicted octanol–water partition coefficient (Wildman–Crippen LogP) is 14.4. The molecule has 0 amide bonds. The van der Waals surface area contributed by atoms with Crippen molar-refractivity contribution in [2.24, 2.45) is 0 Å². The van der Waals surface area contributed by atoms with E-state index < -0.39 is 0 Å². The molecule has 1 nitrogen and oxygen atoms in total. The standard InChI is InChI=1S/C46H29NS2/c1-2-12-31(13-3-1)36-28-29-40(45-38-18-7-9-22-42(38)49-46(36)45)47(39-20-11-23-43-44(39)37-17-6-8-21-41(37)48-43)33-26-24-32(25-27-33)35-19-10-15-30-14-4-5-16-34(30)35/h1-29H. The molecule has 0 fully saturated rings. The molecule has 0 N–H and O–H groups in total. The summed E-state index contributed by atoms with van der Waals surface area (Å²) in [7, 11) is 0. The van der Waals surface area contributed by atoms with Gasteiger partial charge in [0.05, 0.1) is 11.4 Å². The molecule has 8 aromatic carbocycles. The lowest BCUT2D eigenvalue weighted by molar-refractivity contribution is 1.32. The molecule has 0 saturated heterocycles.